The van der Waals surface area contributed by atoms with E-state index in [1.165, 1.54) is 0 Å². The van der Waals surface area contributed by atoms with Crippen LogP contribution < -0.4 is 5.32 Å². The number of nitrogens with zero attached hydrogens (tertiary/aromatic N) is 3. The van der Waals surface area contributed by atoms with Crippen LogP contribution >= 0.6 is 0 Å². The van der Waals surface area contributed by atoms with Crippen LogP contribution in [0.3, 0.4) is 0 Å². The van der Waals surface area contributed by atoms with Crippen LogP contribution in [0.25, 0.3) is 11.5 Å². The Balaban J connectivity index is 2.00. The van der Waals surface area contributed by atoms with E-state index < -0.39 is 0 Å². The molecule has 0 saturated carbocycles. The van der Waals surface area contributed by atoms with Crippen molar-refractivity contribution in [1.82, 2.24) is 24.8 Å². The molecule has 3 heterocycles. The van der Waals surface area contributed by atoms with Crippen LogP contribution in [-0.2, 0) is 13.0 Å². The van der Waals surface area contributed by atoms with Gasteiger partial charge >= 0.3 is 0 Å². The van der Waals surface area contributed by atoms with Crippen molar-refractivity contribution in [2.24, 2.45) is 11.3 Å². The normalized spacial score (nSPS) is 17.2. The number of imidazole rings is 2. The van der Waals surface area contributed by atoms with Crippen LogP contribution in [0.1, 0.15) is 43.9 Å². The van der Waals surface area contributed by atoms with Gasteiger partial charge in [-0.25, -0.2) is 9.97 Å². The van der Waals surface area contributed by atoms with Gasteiger partial charge in [0, 0.05) is 18.8 Å². The molecule has 1 amide bonds. The topological polar surface area (TPSA) is 75.6 Å². The standard InChI is InChI=1S/C16H23N5O/c1-10(2)7-21-9-17-6-12(21)14-19-11-5-16(3,4)8-18-15(22)13(11)20-14/h6,9-10H,5,7-8H2,1-4H3,(H,18,22)(H,19,20). The molecular weight excluding hydrogens is 278 g/mol. The first-order chi connectivity index (χ1) is 10.4. The van der Waals surface area contributed by atoms with Gasteiger partial charge < -0.3 is 14.9 Å². The number of rotatable bonds is 3. The third-order valence-electron chi connectivity index (χ3n) is 3.89. The molecule has 0 aliphatic carbocycles. The summed E-state index contributed by atoms with van der Waals surface area (Å²) in [4.78, 5) is 24.3. The van der Waals surface area contributed by atoms with Gasteiger partial charge in [-0.1, -0.05) is 27.7 Å². The van der Waals surface area contributed by atoms with Crippen molar-refractivity contribution < 1.29 is 4.79 Å². The lowest BCUT2D eigenvalue weighted by molar-refractivity contribution is 0.0940. The van der Waals surface area contributed by atoms with Gasteiger partial charge in [0.05, 0.1) is 12.5 Å². The molecule has 2 aromatic rings. The van der Waals surface area contributed by atoms with Crippen molar-refractivity contribution in [3.63, 3.8) is 0 Å². The van der Waals surface area contributed by atoms with Crippen molar-refractivity contribution in [2.75, 3.05) is 6.54 Å². The Labute approximate surface area is 130 Å². The summed E-state index contributed by atoms with van der Waals surface area (Å²) >= 11 is 0. The Morgan fingerprint density at radius 2 is 2.18 bits per heavy atom. The molecule has 118 valence electrons. The fourth-order valence-corrected chi connectivity index (χ4v) is 2.85. The minimum atomic E-state index is -0.0991. The molecule has 0 fully saturated rings. The van der Waals surface area contributed by atoms with Crippen molar-refractivity contribution >= 4 is 5.91 Å². The maximum absolute atomic E-state index is 12.2. The fraction of sp³-hybridized carbons (Fsp3) is 0.562. The van der Waals surface area contributed by atoms with Crippen molar-refractivity contribution in [2.45, 2.75) is 40.7 Å². The van der Waals surface area contributed by atoms with Crippen LogP contribution in [0.4, 0.5) is 0 Å². The van der Waals surface area contributed by atoms with E-state index in [9.17, 15) is 4.79 Å². The third-order valence-corrected chi connectivity index (χ3v) is 3.89. The highest BCUT2D eigenvalue weighted by molar-refractivity contribution is 5.94. The van der Waals surface area contributed by atoms with E-state index >= 15 is 0 Å². The molecule has 0 unspecified atom stereocenters. The largest absolute Gasteiger partial charge is 0.350 e. The van der Waals surface area contributed by atoms with Crippen LogP contribution in [0.2, 0.25) is 0 Å². The Kier molecular flexibility index (Phi) is 3.54. The van der Waals surface area contributed by atoms with Gasteiger partial charge in [0.1, 0.15) is 11.4 Å². The van der Waals surface area contributed by atoms with Crippen molar-refractivity contribution in [1.29, 1.82) is 0 Å². The molecule has 0 spiro atoms. The average molecular weight is 301 g/mol. The Morgan fingerprint density at radius 3 is 2.91 bits per heavy atom. The van der Waals surface area contributed by atoms with Gasteiger partial charge in [0.25, 0.3) is 5.91 Å². The van der Waals surface area contributed by atoms with E-state index in [0.29, 0.717) is 18.2 Å². The predicted octanol–water partition coefficient (Wildman–Crippen LogP) is 2.24. The summed E-state index contributed by atoms with van der Waals surface area (Å²) < 4.78 is 2.08. The number of H-pyrrole nitrogens is 1. The lowest BCUT2D eigenvalue weighted by Crippen LogP contribution is -2.32. The average Bonchev–Trinajstić information content (AvgIpc) is 2.99. The van der Waals surface area contributed by atoms with Crippen molar-refractivity contribution in [3.8, 4) is 11.5 Å². The lowest BCUT2D eigenvalue weighted by Gasteiger charge is -2.21. The van der Waals surface area contributed by atoms with Crippen LogP contribution in [0.15, 0.2) is 12.5 Å². The first-order valence-electron chi connectivity index (χ1n) is 7.73. The molecule has 0 saturated heterocycles. The zero-order valence-corrected chi connectivity index (χ0v) is 13.6. The number of fused-ring (bicyclic) bond motifs is 1. The van der Waals surface area contributed by atoms with E-state index in [0.717, 1.165) is 30.2 Å². The highest BCUT2D eigenvalue weighted by Gasteiger charge is 2.30. The second-order valence-electron chi connectivity index (χ2n) is 7.26. The highest BCUT2D eigenvalue weighted by Crippen LogP contribution is 2.27. The van der Waals surface area contributed by atoms with Crippen LogP contribution in [-0.4, -0.2) is 32.0 Å². The van der Waals surface area contributed by atoms with Gasteiger partial charge in [0.2, 0.25) is 0 Å². The smallest absolute Gasteiger partial charge is 0.271 e. The Bertz CT molecular complexity index is 695. The number of carbonyl (C=O) groups is 1. The van der Waals surface area contributed by atoms with E-state index in [2.05, 4.69) is 52.5 Å². The number of nitrogens with one attached hydrogen (secondary N) is 2. The zero-order chi connectivity index (χ0) is 15.9. The minimum Gasteiger partial charge on any atom is -0.350 e. The molecular formula is C16H23N5O. The van der Waals surface area contributed by atoms with Gasteiger partial charge in [0.15, 0.2) is 5.82 Å². The SMILES string of the molecule is CC(C)Cn1cncc1-c1nc2c([nH]1)CC(C)(C)CNC2=O. The molecule has 1 aliphatic rings. The number of aromatic nitrogens is 4. The first kappa shape index (κ1) is 14.8. The highest BCUT2D eigenvalue weighted by atomic mass is 16.1. The number of aromatic amines is 1. The molecule has 2 N–H and O–H groups in total. The Hall–Kier alpha value is -2.11. The van der Waals surface area contributed by atoms with E-state index in [-0.39, 0.29) is 11.3 Å². The second kappa shape index (κ2) is 5.26. The molecule has 6 heteroatoms. The molecule has 1 aliphatic heterocycles. The molecule has 6 nitrogen and oxygen atoms in total. The molecule has 2 aromatic heterocycles. The summed E-state index contributed by atoms with van der Waals surface area (Å²) in [5.41, 5.74) is 2.36. The van der Waals surface area contributed by atoms with Crippen LogP contribution in [0.5, 0.6) is 0 Å². The summed E-state index contributed by atoms with van der Waals surface area (Å²) in [6.07, 6.45) is 4.41. The first-order valence-corrected chi connectivity index (χ1v) is 7.73. The summed E-state index contributed by atoms with van der Waals surface area (Å²) in [6, 6.07) is 0. The van der Waals surface area contributed by atoms with Gasteiger partial charge in [-0.2, -0.15) is 0 Å². The predicted molar refractivity (Wildman–Crippen MR) is 84.5 cm³/mol. The quantitative estimate of drug-likeness (QED) is 0.913. The summed E-state index contributed by atoms with van der Waals surface area (Å²) in [5, 5.41) is 2.95. The summed E-state index contributed by atoms with van der Waals surface area (Å²) in [5.74, 6) is 1.14. The van der Waals surface area contributed by atoms with Gasteiger partial charge in [-0.3, -0.25) is 4.79 Å². The van der Waals surface area contributed by atoms with Gasteiger partial charge in [-0.15, -0.1) is 0 Å². The van der Waals surface area contributed by atoms with Gasteiger partial charge in [-0.05, 0) is 17.8 Å². The summed E-state index contributed by atoms with van der Waals surface area (Å²) in [7, 11) is 0. The molecule has 0 radical (unpaired) electrons. The van der Waals surface area contributed by atoms with E-state index in [1.54, 1.807) is 6.20 Å². The van der Waals surface area contributed by atoms with E-state index in [4.69, 9.17) is 0 Å². The molecule has 22 heavy (non-hydrogen) atoms. The number of amides is 1. The molecule has 0 bridgehead atoms. The zero-order valence-electron chi connectivity index (χ0n) is 13.6. The lowest BCUT2D eigenvalue weighted by atomic mass is 9.88. The number of carbonyl (C=O) groups excluding carboxylic acids is 1. The third kappa shape index (κ3) is 2.77. The minimum absolute atomic E-state index is 0.0168. The van der Waals surface area contributed by atoms with E-state index in [1.807, 2.05) is 6.33 Å². The molecule has 0 atom stereocenters. The number of hydrogen-bond donors (Lipinski definition) is 2. The van der Waals surface area contributed by atoms with Crippen molar-refractivity contribution in [3.05, 3.63) is 23.9 Å². The van der Waals surface area contributed by atoms with Crippen LogP contribution in [0, 0.1) is 11.3 Å². The Morgan fingerprint density at radius 1 is 1.41 bits per heavy atom. The fourth-order valence-electron chi connectivity index (χ4n) is 2.85. The molecule has 3 rings (SSSR count). The maximum Gasteiger partial charge on any atom is 0.271 e. The second-order valence-corrected chi connectivity index (χ2v) is 7.26. The monoisotopic (exact) mass is 301 g/mol. The summed E-state index contributed by atoms with van der Waals surface area (Å²) in [6.45, 7) is 10.2. The number of hydrogen-bond acceptors (Lipinski definition) is 3. The maximum atomic E-state index is 12.2. The molecule has 0 aromatic carbocycles.